The summed E-state index contributed by atoms with van der Waals surface area (Å²) >= 11 is 1.75. The van der Waals surface area contributed by atoms with E-state index in [1.807, 2.05) is 6.07 Å². The number of amides is 2. The summed E-state index contributed by atoms with van der Waals surface area (Å²) < 4.78 is 0. The molecule has 1 aromatic rings. The topological polar surface area (TPSA) is 40.6 Å². The molecule has 3 heterocycles. The van der Waals surface area contributed by atoms with Crippen molar-refractivity contribution < 1.29 is 9.59 Å². The largest absolute Gasteiger partial charge is 0.294 e. The number of hydrogen-bond donors (Lipinski definition) is 0. The number of nitrogens with zero attached hydrogens (tertiary/aromatic N) is 2. The van der Waals surface area contributed by atoms with Gasteiger partial charge in [-0.2, -0.15) is 0 Å². The Balaban J connectivity index is 1.54. The summed E-state index contributed by atoms with van der Waals surface area (Å²) in [5.74, 6) is 0.0200. The van der Waals surface area contributed by atoms with E-state index >= 15 is 0 Å². The Morgan fingerprint density at radius 2 is 1.94 bits per heavy atom. The van der Waals surface area contributed by atoms with Gasteiger partial charge in [0.15, 0.2) is 0 Å². The summed E-state index contributed by atoms with van der Waals surface area (Å²) in [7, 11) is 0. The lowest BCUT2D eigenvalue weighted by atomic mass is 10.1. The number of likely N-dealkylation sites (tertiary alicyclic amines) is 2. The molecule has 3 rings (SSSR count). The molecule has 0 spiro atoms. The molecule has 4 nitrogen and oxygen atoms in total. The van der Waals surface area contributed by atoms with Crippen LogP contribution in [0, 0.1) is 0 Å². The second-order valence-electron chi connectivity index (χ2n) is 4.58. The van der Waals surface area contributed by atoms with Crippen LogP contribution in [0.25, 0.3) is 0 Å². The van der Waals surface area contributed by atoms with Crippen molar-refractivity contribution in [1.82, 2.24) is 9.80 Å². The van der Waals surface area contributed by atoms with Crippen LogP contribution in [0.15, 0.2) is 17.5 Å². The fourth-order valence-corrected chi connectivity index (χ4v) is 3.21. The average Bonchev–Trinajstić information content (AvgIpc) is 2.84. The van der Waals surface area contributed by atoms with E-state index in [9.17, 15) is 9.59 Å². The first-order chi connectivity index (χ1) is 8.24. The second-order valence-corrected chi connectivity index (χ2v) is 5.62. The predicted molar refractivity (Wildman–Crippen MR) is 64.5 cm³/mol. The molecule has 2 aliphatic rings. The van der Waals surface area contributed by atoms with Gasteiger partial charge in [-0.1, -0.05) is 6.07 Å². The van der Waals surface area contributed by atoms with Crippen molar-refractivity contribution in [3.05, 3.63) is 22.4 Å². The number of hydrogen-bond acceptors (Lipinski definition) is 4. The van der Waals surface area contributed by atoms with Crippen LogP contribution in [0.2, 0.25) is 0 Å². The summed E-state index contributed by atoms with van der Waals surface area (Å²) in [6.45, 7) is 2.59. The maximum Gasteiger partial charge on any atom is 0.230 e. The Hall–Kier alpha value is -1.20. The second kappa shape index (κ2) is 4.23. The zero-order valence-corrected chi connectivity index (χ0v) is 10.3. The highest BCUT2D eigenvalue weighted by Crippen LogP contribution is 2.24. The van der Waals surface area contributed by atoms with Gasteiger partial charge in [0.05, 0.1) is 6.04 Å². The Bertz CT molecular complexity index is 421. The van der Waals surface area contributed by atoms with Crippen molar-refractivity contribution >= 4 is 23.2 Å². The molecule has 2 aliphatic heterocycles. The lowest BCUT2D eigenvalue weighted by Gasteiger charge is -2.42. The van der Waals surface area contributed by atoms with Crippen LogP contribution in [0.1, 0.15) is 17.7 Å². The molecule has 5 heteroatoms. The summed E-state index contributed by atoms with van der Waals surface area (Å²) in [6.07, 6.45) is 0.806. The van der Waals surface area contributed by atoms with Crippen LogP contribution in [-0.2, 0) is 16.1 Å². The van der Waals surface area contributed by atoms with E-state index in [0.29, 0.717) is 12.8 Å². The fraction of sp³-hybridized carbons (Fsp3) is 0.500. The van der Waals surface area contributed by atoms with Crippen molar-refractivity contribution in [3.63, 3.8) is 0 Å². The van der Waals surface area contributed by atoms with Gasteiger partial charge < -0.3 is 0 Å². The molecule has 0 aromatic carbocycles. The zero-order valence-electron chi connectivity index (χ0n) is 9.46. The zero-order chi connectivity index (χ0) is 11.8. The van der Waals surface area contributed by atoms with Crippen LogP contribution < -0.4 is 0 Å². The molecule has 0 N–H and O–H groups in total. The van der Waals surface area contributed by atoms with Crippen LogP contribution in [0.5, 0.6) is 0 Å². The van der Waals surface area contributed by atoms with Gasteiger partial charge in [-0.3, -0.25) is 19.4 Å². The van der Waals surface area contributed by atoms with Gasteiger partial charge in [0.2, 0.25) is 11.8 Å². The van der Waals surface area contributed by atoms with Crippen molar-refractivity contribution in [2.24, 2.45) is 0 Å². The van der Waals surface area contributed by atoms with E-state index in [1.54, 1.807) is 11.3 Å². The molecule has 0 saturated carbocycles. The summed E-state index contributed by atoms with van der Waals surface area (Å²) in [4.78, 5) is 28.1. The molecule has 0 atom stereocenters. The summed E-state index contributed by atoms with van der Waals surface area (Å²) in [5.41, 5.74) is 0. The lowest BCUT2D eigenvalue weighted by molar-refractivity contribution is -0.145. The van der Waals surface area contributed by atoms with E-state index in [-0.39, 0.29) is 17.9 Å². The molecule has 90 valence electrons. The first-order valence-corrected chi connectivity index (χ1v) is 6.71. The van der Waals surface area contributed by atoms with Gasteiger partial charge in [-0.25, -0.2) is 0 Å². The minimum Gasteiger partial charge on any atom is -0.294 e. The van der Waals surface area contributed by atoms with Crippen molar-refractivity contribution in [2.75, 3.05) is 13.1 Å². The Labute approximate surface area is 104 Å². The molecule has 1 aromatic heterocycles. The van der Waals surface area contributed by atoms with Crippen LogP contribution in [0.4, 0.5) is 0 Å². The summed E-state index contributed by atoms with van der Waals surface area (Å²) in [6, 6.07) is 4.28. The van der Waals surface area contributed by atoms with Gasteiger partial charge in [0.25, 0.3) is 0 Å². The van der Waals surface area contributed by atoms with Gasteiger partial charge in [-0.15, -0.1) is 11.3 Å². The first kappa shape index (κ1) is 10.9. The number of thiophene rings is 1. The Morgan fingerprint density at radius 1 is 1.24 bits per heavy atom. The van der Waals surface area contributed by atoms with E-state index in [1.165, 1.54) is 9.78 Å². The Morgan fingerprint density at radius 3 is 2.53 bits per heavy atom. The van der Waals surface area contributed by atoms with Gasteiger partial charge >= 0.3 is 0 Å². The SMILES string of the molecule is O=C1CCC(=O)N1C1CN(Cc2cccs2)C1. The highest BCUT2D eigenvalue weighted by atomic mass is 32.1. The highest BCUT2D eigenvalue weighted by Gasteiger charge is 2.40. The first-order valence-electron chi connectivity index (χ1n) is 5.83. The predicted octanol–water partition coefficient (Wildman–Crippen LogP) is 1.08. The lowest BCUT2D eigenvalue weighted by Crippen LogP contribution is -2.60. The molecule has 17 heavy (non-hydrogen) atoms. The number of carbonyl (C=O) groups is 2. The third kappa shape index (κ3) is 2.00. The van der Waals surface area contributed by atoms with E-state index in [2.05, 4.69) is 16.3 Å². The van der Waals surface area contributed by atoms with Crippen molar-refractivity contribution in [1.29, 1.82) is 0 Å². The molecular formula is C12H14N2O2S. The normalized spacial score (nSPS) is 22.2. The van der Waals surface area contributed by atoms with E-state index in [0.717, 1.165) is 19.6 Å². The van der Waals surface area contributed by atoms with E-state index < -0.39 is 0 Å². The van der Waals surface area contributed by atoms with Crippen LogP contribution in [0.3, 0.4) is 0 Å². The van der Waals surface area contributed by atoms with Gasteiger partial charge in [0.1, 0.15) is 0 Å². The minimum atomic E-state index is 0.00998. The average molecular weight is 250 g/mol. The quantitative estimate of drug-likeness (QED) is 0.754. The van der Waals surface area contributed by atoms with Crippen LogP contribution >= 0.6 is 11.3 Å². The third-order valence-corrected chi connectivity index (χ3v) is 4.21. The smallest absolute Gasteiger partial charge is 0.230 e. The standard InChI is InChI=1S/C12H14N2O2S/c15-11-3-4-12(16)14(11)9-6-13(7-9)8-10-2-1-5-17-10/h1-2,5,9H,3-4,6-8H2. The molecule has 0 aliphatic carbocycles. The molecule has 2 fully saturated rings. The number of carbonyl (C=O) groups excluding carboxylic acids is 2. The molecule has 0 bridgehead atoms. The highest BCUT2D eigenvalue weighted by molar-refractivity contribution is 7.09. The monoisotopic (exact) mass is 250 g/mol. The van der Waals surface area contributed by atoms with Gasteiger partial charge in [-0.05, 0) is 11.4 Å². The van der Waals surface area contributed by atoms with Gasteiger partial charge in [0, 0.05) is 37.4 Å². The molecule has 0 radical (unpaired) electrons. The summed E-state index contributed by atoms with van der Waals surface area (Å²) in [5, 5.41) is 2.07. The molecule has 0 unspecified atom stereocenters. The maximum atomic E-state index is 11.5. The number of rotatable bonds is 3. The fourth-order valence-electron chi connectivity index (χ4n) is 2.46. The van der Waals surface area contributed by atoms with Crippen LogP contribution in [-0.4, -0.2) is 40.7 Å². The minimum absolute atomic E-state index is 0.00998. The maximum absolute atomic E-state index is 11.5. The third-order valence-electron chi connectivity index (χ3n) is 3.35. The van der Waals surface area contributed by atoms with Crippen molar-refractivity contribution in [3.8, 4) is 0 Å². The number of imide groups is 1. The molecule has 2 amide bonds. The molecular weight excluding hydrogens is 236 g/mol. The molecule has 2 saturated heterocycles. The van der Waals surface area contributed by atoms with E-state index in [4.69, 9.17) is 0 Å². The van der Waals surface area contributed by atoms with Crippen molar-refractivity contribution in [2.45, 2.75) is 25.4 Å². The Kier molecular flexibility index (Phi) is 2.72.